The molecule has 0 radical (unpaired) electrons. The van der Waals surface area contributed by atoms with Crippen LogP contribution < -0.4 is 4.90 Å². The van der Waals surface area contributed by atoms with E-state index in [9.17, 15) is 12.8 Å². The first-order chi connectivity index (χ1) is 12.8. The fraction of sp³-hybridized carbons (Fsp3) is 0.474. The summed E-state index contributed by atoms with van der Waals surface area (Å²) < 4.78 is 40.3. The van der Waals surface area contributed by atoms with E-state index in [0.29, 0.717) is 26.1 Å². The van der Waals surface area contributed by atoms with E-state index in [1.165, 1.54) is 28.6 Å². The third-order valence-electron chi connectivity index (χ3n) is 4.60. The average Bonchev–Trinajstić information content (AvgIpc) is 2.88. The van der Waals surface area contributed by atoms with Crippen molar-refractivity contribution < 1.29 is 12.8 Å². The summed E-state index contributed by atoms with van der Waals surface area (Å²) in [5.41, 5.74) is 0.906. The minimum Gasteiger partial charge on any atom is -0.355 e. The molecule has 0 aliphatic carbocycles. The van der Waals surface area contributed by atoms with Crippen molar-refractivity contribution in [3.63, 3.8) is 0 Å². The highest BCUT2D eigenvalue weighted by Gasteiger charge is 2.27. The van der Waals surface area contributed by atoms with Gasteiger partial charge in [-0.25, -0.2) is 22.8 Å². The van der Waals surface area contributed by atoms with Crippen LogP contribution >= 0.6 is 0 Å². The maximum Gasteiger partial charge on any atom is 0.243 e. The lowest BCUT2D eigenvalue weighted by Crippen LogP contribution is -2.35. The third-order valence-corrected chi connectivity index (χ3v) is 6.52. The number of aryl methyl sites for hydroxylation is 1. The number of benzene rings is 1. The summed E-state index contributed by atoms with van der Waals surface area (Å²) >= 11 is 0. The fourth-order valence-electron chi connectivity index (χ4n) is 3.11. The maximum atomic E-state index is 13.1. The second kappa shape index (κ2) is 7.90. The van der Waals surface area contributed by atoms with Crippen molar-refractivity contribution in [2.75, 3.05) is 31.1 Å². The second-order valence-corrected chi connectivity index (χ2v) is 9.02. The Morgan fingerprint density at radius 1 is 1.04 bits per heavy atom. The largest absolute Gasteiger partial charge is 0.355 e. The van der Waals surface area contributed by atoms with Crippen molar-refractivity contribution in [1.82, 2.24) is 14.3 Å². The number of sulfonamides is 1. The van der Waals surface area contributed by atoms with Gasteiger partial charge in [-0.05, 0) is 37.6 Å². The van der Waals surface area contributed by atoms with Gasteiger partial charge in [0.05, 0.1) is 4.90 Å². The zero-order chi connectivity index (χ0) is 19.6. The van der Waals surface area contributed by atoms with E-state index in [4.69, 9.17) is 0 Å². The van der Waals surface area contributed by atoms with Crippen LogP contribution in [0.3, 0.4) is 0 Å². The van der Waals surface area contributed by atoms with Gasteiger partial charge >= 0.3 is 0 Å². The molecule has 0 saturated carbocycles. The smallest absolute Gasteiger partial charge is 0.243 e. The van der Waals surface area contributed by atoms with Gasteiger partial charge in [-0.1, -0.05) is 13.8 Å². The molecule has 1 saturated heterocycles. The number of hydrogen-bond acceptors (Lipinski definition) is 5. The van der Waals surface area contributed by atoms with Gasteiger partial charge in [-0.3, -0.25) is 0 Å². The van der Waals surface area contributed by atoms with Crippen molar-refractivity contribution in [1.29, 1.82) is 0 Å². The van der Waals surface area contributed by atoms with Crippen molar-refractivity contribution in [3.05, 3.63) is 47.7 Å². The summed E-state index contributed by atoms with van der Waals surface area (Å²) in [6.45, 7) is 8.12. The van der Waals surface area contributed by atoms with E-state index in [1.54, 1.807) is 0 Å². The first kappa shape index (κ1) is 19.7. The monoisotopic (exact) mass is 392 g/mol. The van der Waals surface area contributed by atoms with E-state index < -0.39 is 15.8 Å². The van der Waals surface area contributed by atoms with E-state index in [1.807, 2.05) is 13.0 Å². The summed E-state index contributed by atoms with van der Waals surface area (Å²) in [6.07, 6.45) is 0.695. The Hall–Kier alpha value is -2.06. The molecule has 1 aromatic carbocycles. The van der Waals surface area contributed by atoms with Crippen molar-refractivity contribution in [2.24, 2.45) is 0 Å². The standard InChI is InChI=1S/C19H25FN4O2S/c1-14(2)19-21-15(3)13-18(22-19)23-9-4-10-24(12-11-23)27(25,26)17-7-5-16(20)6-8-17/h5-8,13-14H,4,9-12H2,1-3H3. The lowest BCUT2D eigenvalue weighted by atomic mass is 10.2. The highest BCUT2D eigenvalue weighted by Crippen LogP contribution is 2.22. The van der Waals surface area contributed by atoms with Crippen LogP contribution in [0.5, 0.6) is 0 Å². The van der Waals surface area contributed by atoms with Crippen molar-refractivity contribution in [2.45, 2.75) is 38.0 Å². The molecule has 8 heteroatoms. The fourth-order valence-corrected chi connectivity index (χ4v) is 4.58. The SMILES string of the molecule is Cc1cc(N2CCCN(S(=O)(=O)c3ccc(F)cc3)CC2)nc(C(C)C)n1. The molecule has 0 atom stereocenters. The molecule has 1 aliphatic heterocycles. The van der Waals surface area contributed by atoms with Crippen LogP contribution in [0, 0.1) is 12.7 Å². The Labute approximate surface area is 160 Å². The molecule has 6 nitrogen and oxygen atoms in total. The van der Waals surface area contributed by atoms with Gasteiger partial charge in [0.2, 0.25) is 10.0 Å². The molecule has 146 valence electrons. The van der Waals surface area contributed by atoms with Gasteiger partial charge < -0.3 is 4.90 Å². The topological polar surface area (TPSA) is 66.4 Å². The molecule has 0 N–H and O–H groups in total. The zero-order valence-electron chi connectivity index (χ0n) is 15.9. The summed E-state index contributed by atoms with van der Waals surface area (Å²) in [5.74, 6) is 1.42. The summed E-state index contributed by atoms with van der Waals surface area (Å²) in [7, 11) is -3.63. The molecular formula is C19H25FN4O2S. The summed E-state index contributed by atoms with van der Waals surface area (Å²) in [5, 5.41) is 0. The molecule has 0 bridgehead atoms. The molecule has 0 spiro atoms. The van der Waals surface area contributed by atoms with E-state index in [0.717, 1.165) is 23.9 Å². The molecule has 3 rings (SSSR count). The summed E-state index contributed by atoms with van der Waals surface area (Å²) in [6, 6.07) is 6.92. The average molecular weight is 393 g/mol. The van der Waals surface area contributed by atoms with E-state index in [2.05, 4.69) is 28.7 Å². The van der Waals surface area contributed by atoms with Crippen molar-refractivity contribution >= 4 is 15.8 Å². The minimum absolute atomic E-state index is 0.123. The first-order valence-electron chi connectivity index (χ1n) is 9.13. The Kier molecular flexibility index (Phi) is 5.76. The Morgan fingerprint density at radius 3 is 2.41 bits per heavy atom. The van der Waals surface area contributed by atoms with Crippen molar-refractivity contribution in [3.8, 4) is 0 Å². The quantitative estimate of drug-likeness (QED) is 0.800. The van der Waals surface area contributed by atoms with Crippen LogP contribution in [0.1, 0.15) is 37.7 Å². The lowest BCUT2D eigenvalue weighted by Gasteiger charge is -2.23. The van der Waals surface area contributed by atoms with Gasteiger partial charge in [0, 0.05) is 43.9 Å². The molecule has 27 heavy (non-hydrogen) atoms. The summed E-state index contributed by atoms with van der Waals surface area (Å²) in [4.78, 5) is 11.4. The molecule has 1 fully saturated rings. The van der Waals surface area contributed by atoms with Crippen LogP contribution in [-0.2, 0) is 10.0 Å². The van der Waals surface area contributed by atoms with Crippen LogP contribution in [0.2, 0.25) is 0 Å². The predicted molar refractivity (Wildman–Crippen MR) is 103 cm³/mol. The second-order valence-electron chi connectivity index (χ2n) is 7.08. The molecule has 2 aromatic rings. The van der Waals surface area contributed by atoms with Gasteiger partial charge in [-0.15, -0.1) is 0 Å². The number of halogens is 1. The number of rotatable bonds is 4. The Balaban J connectivity index is 1.79. The van der Waals surface area contributed by atoms with Gasteiger partial charge in [0.25, 0.3) is 0 Å². The normalized spacial score (nSPS) is 16.6. The number of anilines is 1. The molecule has 0 unspecified atom stereocenters. The van der Waals surface area contributed by atoms with Crippen LogP contribution in [-0.4, -0.2) is 48.9 Å². The predicted octanol–water partition coefficient (Wildman–Crippen LogP) is 2.95. The van der Waals surface area contributed by atoms with Crippen LogP contribution in [0.4, 0.5) is 10.2 Å². The molecule has 1 aliphatic rings. The van der Waals surface area contributed by atoms with Crippen LogP contribution in [0.25, 0.3) is 0 Å². The third kappa shape index (κ3) is 4.44. The highest BCUT2D eigenvalue weighted by atomic mass is 32.2. The minimum atomic E-state index is -3.63. The number of nitrogens with zero attached hydrogens (tertiary/aromatic N) is 4. The Morgan fingerprint density at radius 2 is 1.74 bits per heavy atom. The lowest BCUT2D eigenvalue weighted by molar-refractivity contribution is 0.433. The maximum absolute atomic E-state index is 13.1. The highest BCUT2D eigenvalue weighted by molar-refractivity contribution is 7.89. The molecule has 0 amide bonds. The van der Waals surface area contributed by atoms with Gasteiger partial charge in [0.1, 0.15) is 17.5 Å². The Bertz CT molecular complexity index is 900. The zero-order valence-corrected chi connectivity index (χ0v) is 16.7. The van der Waals surface area contributed by atoms with Crippen LogP contribution in [0.15, 0.2) is 35.2 Å². The van der Waals surface area contributed by atoms with E-state index in [-0.39, 0.29) is 10.8 Å². The first-order valence-corrected chi connectivity index (χ1v) is 10.6. The van der Waals surface area contributed by atoms with Gasteiger partial charge in [-0.2, -0.15) is 4.31 Å². The molecule has 2 heterocycles. The molecule has 1 aromatic heterocycles. The number of aromatic nitrogens is 2. The van der Waals surface area contributed by atoms with Gasteiger partial charge in [0.15, 0.2) is 0 Å². The van der Waals surface area contributed by atoms with E-state index >= 15 is 0 Å². The molecular weight excluding hydrogens is 367 g/mol. The number of hydrogen-bond donors (Lipinski definition) is 0.